The first-order valence-corrected chi connectivity index (χ1v) is 7.39. The van der Waals surface area contributed by atoms with Gasteiger partial charge in [0.2, 0.25) is 0 Å². The zero-order valence-corrected chi connectivity index (χ0v) is 12.7. The quantitative estimate of drug-likeness (QED) is 0.718. The highest BCUT2D eigenvalue weighted by molar-refractivity contribution is 5.73. The Morgan fingerprint density at radius 2 is 2.00 bits per heavy atom. The van der Waals surface area contributed by atoms with Crippen LogP contribution in [0, 0.1) is 12.3 Å². The van der Waals surface area contributed by atoms with E-state index in [9.17, 15) is 9.90 Å². The molecule has 1 aliphatic rings. The van der Waals surface area contributed by atoms with Crippen LogP contribution in [0.25, 0.3) is 0 Å². The van der Waals surface area contributed by atoms with E-state index in [1.54, 1.807) is 0 Å². The third-order valence-corrected chi connectivity index (χ3v) is 3.82. The van der Waals surface area contributed by atoms with Gasteiger partial charge in [0.15, 0.2) is 0 Å². The van der Waals surface area contributed by atoms with Crippen molar-refractivity contribution in [2.75, 3.05) is 19.7 Å². The number of carbonyl (C=O) groups is 1. The second kappa shape index (κ2) is 6.80. The molecule has 21 heavy (non-hydrogen) atoms. The monoisotopic (exact) mass is 292 g/mol. The molecule has 1 fully saturated rings. The zero-order valence-electron chi connectivity index (χ0n) is 12.7. The lowest BCUT2D eigenvalue weighted by Gasteiger charge is -2.17. The number of aryl methyl sites for hydroxylation is 1. The molecule has 1 aliphatic carbocycles. The molecule has 0 aliphatic heterocycles. The first-order chi connectivity index (χ1) is 10.0. The lowest BCUT2D eigenvalue weighted by atomic mass is 10.1. The third-order valence-electron chi connectivity index (χ3n) is 3.82. The van der Waals surface area contributed by atoms with Gasteiger partial charge in [-0.2, -0.15) is 0 Å². The van der Waals surface area contributed by atoms with Gasteiger partial charge in [0.25, 0.3) is 0 Å². The molecule has 1 aromatic carbocycles. The van der Waals surface area contributed by atoms with E-state index < -0.39 is 0 Å². The summed E-state index contributed by atoms with van der Waals surface area (Å²) in [6.07, 6.45) is 1.86. The highest BCUT2D eigenvalue weighted by Gasteiger charge is 2.42. The van der Waals surface area contributed by atoms with Crippen LogP contribution in [0.1, 0.15) is 25.3 Å². The summed E-state index contributed by atoms with van der Waals surface area (Å²) < 4.78 is 5.72. The molecule has 1 aromatic rings. The number of nitrogens with one attached hydrogen (secondary N) is 2. The van der Waals surface area contributed by atoms with Gasteiger partial charge in [0.05, 0.1) is 13.2 Å². The van der Waals surface area contributed by atoms with Crippen molar-refractivity contribution in [3.8, 4) is 5.75 Å². The van der Waals surface area contributed by atoms with Gasteiger partial charge in [-0.25, -0.2) is 4.79 Å². The van der Waals surface area contributed by atoms with E-state index in [4.69, 9.17) is 4.74 Å². The minimum atomic E-state index is -0.214. The molecule has 1 unspecified atom stereocenters. The lowest BCUT2D eigenvalue weighted by Crippen LogP contribution is -2.43. The predicted octanol–water partition coefficient (Wildman–Crippen LogP) is 1.83. The average Bonchev–Trinajstić information content (AvgIpc) is 3.26. The first kappa shape index (κ1) is 15.6. The van der Waals surface area contributed by atoms with Gasteiger partial charge in [-0.05, 0) is 38.8 Å². The van der Waals surface area contributed by atoms with Crippen molar-refractivity contribution in [2.24, 2.45) is 5.41 Å². The fourth-order valence-electron chi connectivity index (χ4n) is 2.03. The molecule has 0 aromatic heterocycles. The van der Waals surface area contributed by atoms with Crippen LogP contribution in [0.5, 0.6) is 5.75 Å². The van der Waals surface area contributed by atoms with Crippen LogP contribution in [0.15, 0.2) is 24.3 Å². The highest BCUT2D eigenvalue weighted by Crippen LogP contribution is 2.44. The molecule has 5 nitrogen and oxygen atoms in total. The number of urea groups is 1. The van der Waals surface area contributed by atoms with Crippen molar-refractivity contribution in [3.63, 3.8) is 0 Å². The van der Waals surface area contributed by atoms with Crippen molar-refractivity contribution in [2.45, 2.75) is 32.8 Å². The lowest BCUT2D eigenvalue weighted by molar-refractivity contribution is 0.195. The number of carbonyl (C=O) groups excluding carboxylic acids is 1. The van der Waals surface area contributed by atoms with E-state index in [2.05, 4.69) is 10.6 Å². The number of hydrogen-bond acceptors (Lipinski definition) is 3. The van der Waals surface area contributed by atoms with Crippen molar-refractivity contribution >= 4 is 6.03 Å². The van der Waals surface area contributed by atoms with Crippen molar-refractivity contribution in [3.05, 3.63) is 29.8 Å². The molecule has 5 heteroatoms. The second-order valence-electron chi connectivity index (χ2n) is 5.96. The number of rotatable bonds is 7. The van der Waals surface area contributed by atoms with Crippen LogP contribution in [-0.4, -0.2) is 36.9 Å². The normalized spacial score (nSPS) is 16.9. The molecule has 1 atom stereocenters. The molecule has 2 amide bonds. The van der Waals surface area contributed by atoms with E-state index in [1.165, 1.54) is 5.56 Å². The van der Waals surface area contributed by atoms with E-state index in [0.717, 1.165) is 18.6 Å². The maximum Gasteiger partial charge on any atom is 0.314 e. The maximum absolute atomic E-state index is 11.7. The largest absolute Gasteiger partial charge is 0.489 e. The predicted molar refractivity (Wildman–Crippen MR) is 81.4 cm³/mol. The summed E-state index contributed by atoms with van der Waals surface area (Å²) in [6, 6.07) is 7.61. The Labute approximate surface area is 125 Å². The van der Waals surface area contributed by atoms with Gasteiger partial charge in [0.1, 0.15) is 11.9 Å². The second-order valence-corrected chi connectivity index (χ2v) is 5.96. The van der Waals surface area contributed by atoms with Crippen molar-refractivity contribution < 1.29 is 14.6 Å². The first-order valence-electron chi connectivity index (χ1n) is 7.39. The third kappa shape index (κ3) is 4.93. The number of aliphatic hydroxyl groups is 1. The SMILES string of the molecule is Cc1ccc(OC(C)CNC(=O)NCC2(CO)CC2)cc1. The molecular weight excluding hydrogens is 268 g/mol. The van der Waals surface area contributed by atoms with Gasteiger partial charge in [-0.15, -0.1) is 0 Å². The number of amides is 2. The van der Waals surface area contributed by atoms with Crippen LogP contribution in [0.3, 0.4) is 0 Å². The van der Waals surface area contributed by atoms with Gasteiger partial charge < -0.3 is 20.5 Å². The Bertz CT molecular complexity index is 469. The van der Waals surface area contributed by atoms with E-state index in [0.29, 0.717) is 13.1 Å². The summed E-state index contributed by atoms with van der Waals surface area (Å²) in [5.74, 6) is 0.799. The molecule has 3 N–H and O–H groups in total. The van der Waals surface area contributed by atoms with Crippen LogP contribution >= 0.6 is 0 Å². The van der Waals surface area contributed by atoms with Crippen LogP contribution in [-0.2, 0) is 0 Å². The van der Waals surface area contributed by atoms with Gasteiger partial charge in [0, 0.05) is 12.0 Å². The molecule has 2 rings (SSSR count). The van der Waals surface area contributed by atoms with Crippen LogP contribution in [0.2, 0.25) is 0 Å². The summed E-state index contributed by atoms with van der Waals surface area (Å²) in [6.45, 7) is 5.04. The van der Waals surface area contributed by atoms with Gasteiger partial charge >= 0.3 is 6.03 Å². The minimum Gasteiger partial charge on any atom is -0.489 e. The van der Waals surface area contributed by atoms with E-state index in [1.807, 2.05) is 38.1 Å². The maximum atomic E-state index is 11.7. The minimum absolute atomic E-state index is 0.0681. The number of aliphatic hydroxyl groups excluding tert-OH is 1. The highest BCUT2D eigenvalue weighted by atomic mass is 16.5. The van der Waals surface area contributed by atoms with E-state index in [-0.39, 0.29) is 24.2 Å². The number of hydrogen-bond donors (Lipinski definition) is 3. The standard InChI is InChI=1S/C16H24N2O3/c1-12-3-5-14(6-4-12)21-13(2)9-17-15(20)18-10-16(11-19)7-8-16/h3-6,13,19H,7-11H2,1-2H3,(H2,17,18,20). The van der Waals surface area contributed by atoms with E-state index >= 15 is 0 Å². The molecule has 0 bridgehead atoms. The Morgan fingerprint density at radius 3 is 2.57 bits per heavy atom. The number of benzene rings is 1. The fraction of sp³-hybridized carbons (Fsp3) is 0.562. The molecule has 0 heterocycles. The Balaban J connectivity index is 1.65. The summed E-state index contributed by atoms with van der Waals surface area (Å²) >= 11 is 0. The number of ether oxygens (including phenoxy) is 1. The van der Waals surface area contributed by atoms with Gasteiger partial charge in [-0.3, -0.25) is 0 Å². The summed E-state index contributed by atoms with van der Waals surface area (Å²) in [4.78, 5) is 11.7. The Morgan fingerprint density at radius 1 is 1.33 bits per heavy atom. The molecule has 116 valence electrons. The van der Waals surface area contributed by atoms with Crippen LogP contribution < -0.4 is 15.4 Å². The molecule has 0 radical (unpaired) electrons. The molecule has 0 spiro atoms. The average molecular weight is 292 g/mol. The Hall–Kier alpha value is -1.75. The Kier molecular flexibility index (Phi) is 5.07. The van der Waals surface area contributed by atoms with Gasteiger partial charge in [-0.1, -0.05) is 17.7 Å². The molecule has 1 saturated carbocycles. The molecular formula is C16H24N2O3. The zero-order chi connectivity index (χ0) is 15.3. The summed E-state index contributed by atoms with van der Waals surface area (Å²) in [7, 11) is 0. The van der Waals surface area contributed by atoms with Crippen LogP contribution in [0.4, 0.5) is 4.79 Å². The summed E-state index contributed by atoms with van der Waals surface area (Å²) in [5.41, 5.74) is 1.12. The topological polar surface area (TPSA) is 70.6 Å². The molecule has 0 saturated heterocycles. The fourth-order valence-corrected chi connectivity index (χ4v) is 2.03. The van der Waals surface area contributed by atoms with Crippen molar-refractivity contribution in [1.82, 2.24) is 10.6 Å². The smallest absolute Gasteiger partial charge is 0.314 e. The van der Waals surface area contributed by atoms with Crippen molar-refractivity contribution in [1.29, 1.82) is 0 Å². The summed E-state index contributed by atoms with van der Waals surface area (Å²) in [5, 5.41) is 14.8.